The Morgan fingerprint density at radius 2 is 2.04 bits per heavy atom. The van der Waals surface area contributed by atoms with Crippen LogP contribution in [0.3, 0.4) is 0 Å². The molecule has 6 aliphatic rings. The lowest BCUT2D eigenvalue weighted by molar-refractivity contribution is -0.143. The van der Waals surface area contributed by atoms with Gasteiger partial charge in [0.05, 0.1) is 11.5 Å². The first-order valence-electron chi connectivity index (χ1n) is 9.39. The Kier molecular flexibility index (Phi) is 1.78. The minimum Gasteiger partial charge on any atom is -0.381 e. The van der Waals surface area contributed by atoms with Crippen LogP contribution in [0.1, 0.15) is 31.2 Å². The summed E-state index contributed by atoms with van der Waals surface area (Å²) in [6.07, 6.45) is 4.48. The Morgan fingerprint density at radius 3 is 2.96 bits per heavy atom. The average molecular weight is 320 g/mol. The van der Waals surface area contributed by atoms with Crippen molar-refractivity contribution in [1.82, 2.24) is 4.90 Å². The second-order valence-corrected chi connectivity index (χ2v) is 9.01. The topological polar surface area (TPSA) is 49.4 Å². The van der Waals surface area contributed by atoms with E-state index in [0.717, 1.165) is 25.8 Å². The van der Waals surface area contributed by atoms with Gasteiger partial charge in [0.15, 0.2) is 0 Å². The predicted molar refractivity (Wildman–Crippen MR) is 87.4 cm³/mol. The lowest BCUT2D eigenvalue weighted by Crippen LogP contribution is -2.67. The molecular weight excluding hydrogens is 300 g/mol. The van der Waals surface area contributed by atoms with Crippen molar-refractivity contribution in [3.05, 3.63) is 29.8 Å². The normalized spacial score (nSPS) is 51.7. The summed E-state index contributed by atoms with van der Waals surface area (Å²) in [7, 11) is 0. The number of nitrogens with zero attached hydrogens (tertiary/aromatic N) is 1. The molecule has 2 unspecified atom stereocenters. The van der Waals surface area contributed by atoms with Crippen LogP contribution in [0.15, 0.2) is 24.3 Å². The van der Waals surface area contributed by atoms with Crippen molar-refractivity contribution in [2.75, 3.05) is 11.9 Å². The molecule has 5 fully saturated rings. The number of anilines is 1. The van der Waals surface area contributed by atoms with Crippen molar-refractivity contribution < 1.29 is 9.59 Å². The van der Waals surface area contributed by atoms with E-state index in [9.17, 15) is 9.59 Å². The molecule has 1 aromatic rings. The van der Waals surface area contributed by atoms with E-state index in [1.807, 2.05) is 0 Å². The molecule has 3 aliphatic carbocycles. The van der Waals surface area contributed by atoms with Gasteiger partial charge in [-0.3, -0.25) is 9.59 Å². The molecule has 122 valence electrons. The zero-order valence-corrected chi connectivity index (χ0v) is 13.5. The first kappa shape index (κ1) is 12.5. The monoisotopic (exact) mass is 320 g/mol. The Labute approximate surface area is 140 Å². The van der Waals surface area contributed by atoms with E-state index in [1.54, 1.807) is 0 Å². The number of carbonyl (C=O) groups is 2. The highest BCUT2D eigenvalue weighted by molar-refractivity contribution is 6.09. The van der Waals surface area contributed by atoms with Gasteiger partial charge in [0, 0.05) is 24.2 Å². The van der Waals surface area contributed by atoms with Gasteiger partial charge in [-0.1, -0.05) is 18.2 Å². The molecule has 7 rings (SSSR count). The number of para-hydroxylation sites is 1. The van der Waals surface area contributed by atoms with Crippen LogP contribution in [0, 0.1) is 23.2 Å². The summed E-state index contributed by atoms with van der Waals surface area (Å²) in [4.78, 5) is 28.9. The molecule has 4 heteroatoms. The van der Waals surface area contributed by atoms with E-state index in [-0.39, 0.29) is 40.5 Å². The van der Waals surface area contributed by atoms with Crippen LogP contribution < -0.4 is 5.32 Å². The van der Waals surface area contributed by atoms with E-state index in [4.69, 9.17) is 0 Å². The standard InChI is InChI=1S/C20H20N2O2/c23-15-10-8-19-6-3-7-22-17(24)14(15)20(18(19)22)12-4-1-2-5-13(12)21-16(20)11(10)9-19/h1-2,4-5,10-11,14,16,18,21H,3,6-9H2/t10-,11-,14-,16?,18-,19-,20?/m0/s1. The number of fused-ring (bicyclic) bond motifs is 1. The third kappa shape index (κ3) is 0.952. The molecule has 3 aliphatic heterocycles. The van der Waals surface area contributed by atoms with Gasteiger partial charge in [-0.15, -0.1) is 0 Å². The van der Waals surface area contributed by atoms with Gasteiger partial charge in [-0.05, 0) is 48.6 Å². The highest BCUT2D eigenvalue weighted by Gasteiger charge is 2.83. The lowest BCUT2D eigenvalue weighted by atomic mass is 9.48. The fourth-order valence-electron chi connectivity index (χ4n) is 8.23. The lowest BCUT2D eigenvalue weighted by Gasteiger charge is -2.57. The van der Waals surface area contributed by atoms with Crippen LogP contribution in [0.4, 0.5) is 5.69 Å². The Morgan fingerprint density at radius 1 is 1.17 bits per heavy atom. The zero-order valence-electron chi connectivity index (χ0n) is 13.5. The summed E-state index contributed by atoms with van der Waals surface area (Å²) in [5.41, 5.74) is 2.33. The van der Waals surface area contributed by atoms with Gasteiger partial charge in [0.2, 0.25) is 5.91 Å². The van der Waals surface area contributed by atoms with E-state index in [2.05, 4.69) is 34.5 Å². The third-order valence-electron chi connectivity index (χ3n) is 8.51. The van der Waals surface area contributed by atoms with Crippen molar-refractivity contribution in [2.45, 2.75) is 43.2 Å². The summed E-state index contributed by atoms with van der Waals surface area (Å²) in [6, 6.07) is 8.99. The maximum Gasteiger partial charge on any atom is 0.234 e. The number of rotatable bonds is 0. The highest BCUT2D eigenvalue weighted by Crippen LogP contribution is 2.75. The number of hydrogen-bond acceptors (Lipinski definition) is 3. The number of ketones is 1. The molecular formula is C20H20N2O2. The van der Waals surface area contributed by atoms with E-state index in [0.29, 0.717) is 5.92 Å². The van der Waals surface area contributed by atoms with Crippen LogP contribution in [0.2, 0.25) is 0 Å². The van der Waals surface area contributed by atoms with E-state index < -0.39 is 5.92 Å². The number of carbonyl (C=O) groups excluding carboxylic acids is 2. The van der Waals surface area contributed by atoms with Gasteiger partial charge in [0.1, 0.15) is 11.7 Å². The molecule has 24 heavy (non-hydrogen) atoms. The Bertz CT molecular complexity index is 850. The molecule has 1 aromatic carbocycles. The van der Waals surface area contributed by atoms with Crippen LogP contribution in [0.5, 0.6) is 0 Å². The molecule has 7 atom stereocenters. The predicted octanol–water partition coefficient (Wildman–Crippen LogP) is 1.95. The summed E-state index contributed by atoms with van der Waals surface area (Å²) >= 11 is 0. The van der Waals surface area contributed by atoms with Crippen LogP contribution in [0.25, 0.3) is 0 Å². The number of benzene rings is 1. The quantitative estimate of drug-likeness (QED) is 0.743. The SMILES string of the molecule is O=C1[C@H]2C(=O)N3CCC[C@]45C[C@H]1[C@H](C4)C1Nc4ccccc4C12[C@@H]35. The summed E-state index contributed by atoms with van der Waals surface area (Å²) in [6.45, 7) is 0.848. The number of piperidine rings is 1. The third-order valence-corrected chi connectivity index (χ3v) is 8.51. The first-order valence-corrected chi connectivity index (χ1v) is 9.39. The smallest absolute Gasteiger partial charge is 0.234 e. The second kappa shape index (κ2) is 3.42. The minimum absolute atomic E-state index is 0.115. The largest absolute Gasteiger partial charge is 0.381 e. The fraction of sp³-hybridized carbons (Fsp3) is 0.600. The molecule has 3 heterocycles. The first-order chi connectivity index (χ1) is 11.7. The maximum atomic E-state index is 13.4. The van der Waals surface area contributed by atoms with E-state index >= 15 is 0 Å². The minimum atomic E-state index is -0.426. The molecule has 2 spiro atoms. The second-order valence-electron chi connectivity index (χ2n) is 9.01. The van der Waals surface area contributed by atoms with Crippen LogP contribution in [-0.4, -0.2) is 35.2 Å². The van der Waals surface area contributed by atoms with Crippen molar-refractivity contribution in [2.24, 2.45) is 23.2 Å². The van der Waals surface area contributed by atoms with Gasteiger partial charge in [-0.25, -0.2) is 0 Å². The number of amides is 1. The molecule has 2 saturated heterocycles. The van der Waals surface area contributed by atoms with Crippen molar-refractivity contribution >= 4 is 17.4 Å². The number of hydrogen-bond donors (Lipinski definition) is 1. The molecule has 3 saturated carbocycles. The van der Waals surface area contributed by atoms with Gasteiger partial charge < -0.3 is 10.2 Å². The molecule has 3 bridgehead atoms. The highest BCUT2D eigenvalue weighted by atomic mass is 16.2. The van der Waals surface area contributed by atoms with Gasteiger partial charge in [0.25, 0.3) is 0 Å². The number of Topliss-reactive ketones (excluding diaryl/α,β-unsaturated/α-hetero) is 1. The molecule has 1 N–H and O–H groups in total. The Balaban J connectivity index is 1.63. The summed E-state index contributed by atoms with van der Waals surface area (Å²) < 4.78 is 0. The molecule has 1 amide bonds. The molecule has 0 radical (unpaired) electrons. The van der Waals surface area contributed by atoms with Crippen molar-refractivity contribution in [1.29, 1.82) is 0 Å². The molecule has 4 nitrogen and oxygen atoms in total. The van der Waals surface area contributed by atoms with Gasteiger partial charge in [-0.2, -0.15) is 0 Å². The zero-order chi connectivity index (χ0) is 15.8. The Hall–Kier alpha value is -1.84. The summed E-state index contributed by atoms with van der Waals surface area (Å²) in [5.74, 6) is 0.522. The average Bonchev–Trinajstić information content (AvgIpc) is 3.17. The van der Waals surface area contributed by atoms with Crippen LogP contribution in [-0.2, 0) is 15.0 Å². The summed E-state index contributed by atoms with van der Waals surface area (Å²) in [5, 5.41) is 3.78. The molecule has 0 aromatic heterocycles. The van der Waals surface area contributed by atoms with Crippen molar-refractivity contribution in [3.63, 3.8) is 0 Å². The van der Waals surface area contributed by atoms with Gasteiger partial charge >= 0.3 is 0 Å². The number of nitrogens with one attached hydrogen (secondary N) is 1. The van der Waals surface area contributed by atoms with Crippen LogP contribution >= 0.6 is 0 Å². The van der Waals surface area contributed by atoms with E-state index in [1.165, 1.54) is 17.7 Å². The van der Waals surface area contributed by atoms with Crippen molar-refractivity contribution in [3.8, 4) is 0 Å². The fourth-order valence-corrected chi connectivity index (χ4v) is 8.23. The maximum absolute atomic E-state index is 13.4.